The summed E-state index contributed by atoms with van der Waals surface area (Å²) >= 11 is 0. The number of rotatable bonds is 8. The van der Waals surface area contributed by atoms with E-state index < -0.39 is 6.61 Å². The smallest absolute Gasteiger partial charge is 0.387 e. The molecule has 4 rings (SSSR count). The Balaban J connectivity index is 1.61. The summed E-state index contributed by atoms with van der Waals surface area (Å²) in [5, 5.41) is 11.6. The SMILES string of the molecule is CN[C@@H](COc1cncc2nnc(-c3ccc(OC(F)F)cc3)n12)c1ccccc1. The van der Waals surface area contributed by atoms with Gasteiger partial charge in [0.25, 0.3) is 0 Å². The van der Waals surface area contributed by atoms with Crippen LogP contribution in [-0.4, -0.2) is 39.8 Å². The molecule has 0 spiro atoms. The molecule has 4 aromatic rings. The van der Waals surface area contributed by atoms with E-state index >= 15 is 0 Å². The number of hydrogen-bond acceptors (Lipinski definition) is 6. The first-order chi connectivity index (χ1) is 14.7. The standard InChI is InChI=1S/C21H19F2N5O2/c1-24-17(14-5-3-2-4-6-14)13-29-19-12-25-11-18-26-27-20(28(18)19)15-7-9-16(10-8-15)30-21(22)23/h2-12,17,21,24H,13H2,1H3/t17-/m0/s1. The first-order valence-corrected chi connectivity index (χ1v) is 9.25. The predicted octanol–water partition coefficient (Wildman–Crippen LogP) is 3.73. The number of halogens is 2. The quantitative estimate of drug-likeness (QED) is 0.476. The van der Waals surface area contributed by atoms with Crippen molar-refractivity contribution in [3.63, 3.8) is 0 Å². The van der Waals surface area contributed by atoms with E-state index in [1.54, 1.807) is 28.9 Å². The fraction of sp³-hybridized carbons (Fsp3) is 0.190. The molecule has 0 fully saturated rings. The molecule has 0 unspecified atom stereocenters. The van der Waals surface area contributed by atoms with Gasteiger partial charge >= 0.3 is 6.61 Å². The maximum atomic E-state index is 12.4. The zero-order chi connectivity index (χ0) is 20.9. The number of benzene rings is 2. The molecular formula is C21H19F2N5O2. The summed E-state index contributed by atoms with van der Waals surface area (Å²) in [5.74, 6) is 1.05. The minimum absolute atomic E-state index is 0.0211. The summed E-state index contributed by atoms with van der Waals surface area (Å²) in [6.45, 7) is -2.51. The van der Waals surface area contributed by atoms with Gasteiger partial charge in [0, 0.05) is 5.56 Å². The van der Waals surface area contributed by atoms with E-state index in [9.17, 15) is 8.78 Å². The molecule has 7 nitrogen and oxygen atoms in total. The first-order valence-electron chi connectivity index (χ1n) is 9.25. The average Bonchev–Trinajstić information content (AvgIpc) is 3.20. The van der Waals surface area contributed by atoms with Crippen molar-refractivity contribution in [3.8, 4) is 23.0 Å². The Labute approximate surface area is 171 Å². The summed E-state index contributed by atoms with van der Waals surface area (Å²) < 4.78 is 36.9. The van der Waals surface area contributed by atoms with Gasteiger partial charge in [-0.25, -0.2) is 4.40 Å². The minimum atomic E-state index is -2.87. The highest BCUT2D eigenvalue weighted by atomic mass is 19.3. The van der Waals surface area contributed by atoms with Gasteiger partial charge in [-0.3, -0.25) is 4.98 Å². The molecule has 0 amide bonds. The number of nitrogens with one attached hydrogen (secondary N) is 1. The van der Waals surface area contributed by atoms with Crippen molar-refractivity contribution in [3.05, 3.63) is 72.6 Å². The second kappa shape index (κ2) is 8.83. The monoisotopic (exact) mass is 411 g/mol. The van der Waals surface area contributed by atoms with Gasteiger partial charge in [-0.05, 0) is 36.9 Å². The topological polar surface area (TPSA) is 73.6 Å². The highest BCUT2D eigenvalue weighted by Gasteiger charge is 2.16. The minimum Gasteiger partial charge on any atom is -0.475 e. The van der Waals surface area contributed by atoms with E-state index in [0.717, 1.165) is 5.56 Å². The molecule has 1 N–H and O–H groups in total. The van der Waals surface area contributed by atoms with Gasteiger partial charge in [-0.2, -0.15) is 8.78 Å². The number of likely N-dealkylation sites (N-methyl/N-ethyl adjacent to an activating group) is 1. The van der Waals surface area contributed by atoms with Gasteiger partial charge in [-0.1, -0.05) is 30.3 Å². The molecule has 0 aliphatic carbocycles. The zero-order valence-corrected chi connectivity index (χ0v) is 16.1. The van der Waals surface area contributed by atoms with Gasteiger partial charge in [0.05, 0.1) is 18.4 Å². The molecule has 0 aliphatic rings. The van der Waals surface area contributed by atoms with Crippen LogP contribution in [0.25, 0.3) is 17.0 Å². The van der Waals surface area contributed by atoms with Gasteiger partial charge in [0.2, 0.25) is 5.88 Å². The van der Waals surface area contributed by atoms with E-state index in [1.165, 1.54) is 12.1 Å². The maximum Gasteiger partial charge on any atom is 0.387 e. The van der Waals surface area contributed by atoms with Crippen LogP contribution in [0.1, 0.15) is 11.6 Å². The van der Waals surface area contributed by atoms with Gasteiger partial charge < -0.3 is 14.8 Å². The number of fused-ring (bicyclic) bond motifs is 1. The van der Waals surface area contributed by atoms with E-state index in [-0.39, 0.29) is 11.8 Å². The second-order valence-corrected chi connectivity index (χ2v) is 6.43. The molecule has 154 valence electrons. The fourth-order valence-corrected chi connectivity index (χ4v) is 3.10. The lowest BCUT2D eigenvalue weighted by Crippen LogP contribution is -2.23. The van der Waals surface area contributed by atoms with E-state index in [2.05, 4.69) is 25.2 Å². The highest BCUT2D eigenvalue weighted by molar-refractivity contribution is 5.61. The van der Waals surface area contributed by atoms with Crippen LogP contribution in [0.3, 0.4) is 0 Å². The Morgan fingerprint density at radius 2 is 1.77 bits per heavy atom. The third-order valence-electron chi connectivity index (χ3n) is 4.57. The lowest BCUT2D eigenvalue weighted by atomic mass is 10.1. The van der Waals surface area contributed by atoms with Crippen LogP contribution < -0.4 is 14.8 Å². The molecule has 0 saturated carbocycles. The van der Waals surface area contributed by atoms with Crippen molar-refractivity contribution in [2.75, 3.05) is 13.7 Å². The third kappa shape index (κ3) is 4.20. The predicted molar refractivity (Wildman–Crippen MR) is 107 cm³/mol. The summed E-state index contributed by atoms with van der Waals surface area (Å²) in [6.07, 6.45) is 3.16. The van der Waals surface area contributed by atoms with E-state index in [4.69, 9.17) is 4.74 Å². The number of alkyl halides is 2. The maximum absolute atomic E-state index is 12.4. The highest BCUT2D eigenvalue weighted by Crippen LogP contribution is 2.26. The normalized spacial score (nSPS) is 12.3. The van der Waals surface area contributed by atoms with E-state index in [1.807, 2.05) is 37.4 Å². The molecular weight excluding hydrogens is 392 g/mol. The van der Waals surface area contributed by atoms with Crippen molar-refractivity contribution in [2.24, 2.45) is 0 Å². The van der Waals surface area contributed by atoms with Crippen LogP contribution in [0.2, 0.25) is 0 Å². The number of aromatic nitrogens is 4. The molecule has 0 radical (unpaired) electrons. The Morgan fingerprint density at radius 1 is 1.00 bits per heavy atom. The average molecular weight is 411 g/mol. The molecule has 0 aliphatic heterocycles. The summed E-state index contributed by atoms with van der Waals surface area (Å²) in [5.41, 5.74) is 2.28. The zero-order valence-electron chi connectivity index (χ0n) is 16.1. The largest absolute Gasteiger partial charge is 0.475 e. The lowest BCUT2D eigenvalue weighted by molar-refractivity contribution is -0.0498. The fourth-order valence-electron chi connectivity index (χ4n) is 3.10. The summed E-state index contributed by atoms with van der Waals surface area (Å²) in [7, 11) is 1.87. The van der Waals surface area contributed by atoms with Crippen LogP contribution in [0.5, 0.6) is 11.6 Å². The molecule has 30 heavy (non-hydrogen) atoms. The summed E-state index contributed by atoms with van der Waals surface area (Å²) in [6, 6.07) is 16.1. The van der Waals surface area contributed by atoms with Crippen LogP contribution in [0.4, 0.5) is 8.78 Å². The number of ether oxygens (including phenoxy) is 2. The van der Waals surface area contributed by atoms with Crippen LogP contribution in [-0.2, 0) is 0 Å². The molecule has 0 saturated heterocycles. The van der Waals surface area contributed by atoms with Gasteiger partial charge in [-0.15, -0.1) is 10.2 Å². The molecule has 2 heterocycles. The molecule has 2 aromatic heterocycles. The van der Waals surface area contributed by atoms with Crippen molar-refractivity contribution >= 4 is 5.65 Å². The Morgan fingerprint density at radius 3 is 2.47 bits per heavy atom. The Hall–Kier alpha value is -3.59. The number of hydrogen-bond donors (Lipinski definition) is 1. The molecule has 1 atom stereocenters. The van der Waals surface area contributed by atoms with Crippen molar-refractivity contribution < 1.29 is 18.3 Å². The first kappa shape index (κ1) is 19.7. The van der Waals surface area contributed by atoms with Crippen LogP contribution in [0, 0.1) is 0 Å². The lowest BCUT2D eigenvalue weighted by Gasteiger charge is -2.18. The van der Waals surface area contributed by atoms with Crippen molar-refractivity contribution in [2.45, 2.75) is 12.7 Å². The molecule has 2 aromatic carbocycles. The van der Waals surface area contributed by atoms with Crippen LogP contribution in [0.15, 0.2) is 67.0 Å². The Bertz CT molecular complexity index is 1100. The molecule has 9 heteroatoms. The van der Waals surface area contributed by atoms with E-state index in [0.29, 0.717) is 29.5 Å². The molecule has 0 bridgehead atoms. The Kier molecular flexibility index (Phi) is 5.80. The third-order valence-corrected chi connectivity index (χ3v) is 4.57. The summed E-state index contributed by atoms with van der Waals surface area (Å²) in [4.78, 5) is 4.17. The van der Waals surface area contributed by atoms with Crippen molar-refractivity contribution in [1.29, 1.82) is 0 Å². The van der Waals surface area contributed by atoms with Crippen LogP contribution >= 0.6 is 0 Å². The van der Waals surface area contributed by atoms with Crippen molar-refractivity contribution in [1.82, 2.24) is 24.9 Å². The number of nitrogens with zero attached hydrogens (tertiary/aromatic N) is 4. The van der Waals surface area contributed by atoms with Gasteiger partial charge in [0.1, 0.15) is 12.4 Å². The second-order valence-electron chi connectivity index (χ2n) is 6.43. The van der Waals surface area contributed by atoms with Gasteiger partial charge in [0.15, 0.2) is 11.5 Å².